The summed E-state index contributed by atoms with van der Waals surface area (Å²) in [6.45, 7) is 7.95. The lowest BCUT2D eigenvalue weighted by Crippen LogP contribution is -2.51. The normalized spacial score (nSPS) is 22.5. The molecule has 0 spiro atoms. The molecular weight excluding hydrogens is 757 g/mol. The number of amides is 3. The maximum absolute atomic E-state index is 13.4. The van der Waals surface area contributed by atoms with Gasteiger partial charge >= 0.3 is 6.09 Å². The van der Waals surface area contributed by atoms with Gasteiger partial charge in [0.15, 0.2) is 6.29 Å². The van der Waals surface area contributed by atoms with Crippen molar-refractivity contribution in [3.05, 3.63) is 167 Å². The van der Waals surface area contributed by atoms with Crippen LogP contribution in [0, 0.1) is 5.92 Å². The minimum Gasteiger partial charge on any atom is -0.445 e. The van der Waals surface area contributed by atoms with E-state index in [1.807, 2.05) is 103 Å². The van der Waals surface area contributed by atoms with E-state index in [2.05, 4.69) is 52.4 Å². The predicted molar refractivity (Wildman–Crippen MR) is 227 cm³/mol. The summed E-state index contributed by atoms with van der Waals surface area (Å²) in [6.07, 6.45) is -1.80. The molecule has 3 amide bonds. The second-order valence-electron chi connectivity index (χ2n) is 15.9. The highest BCUT2D eigenvalue weighted by Crippen LogP contribution is 2.42. The van der Waals surface area contributed by atoms with Crippen molar-refractivity contribution >= 4 is 17.9 Å². The topological polar surface area (TPSA) is 121 Å². The first-order valence-corrected chi connectivity index (χ1v) is 20.8. The molecular formula is C49H52N4O7. The zero-order chi connectivity index (χ0) is 41.4. The van der Waals surface area contributed by atoms with E-state index in [0.29, 0.717) is 0 Å². The minimum absolute atomic E-state index is 0.0180. The number of nitrogens with one attached hydrogen (secondary N) is 1. The molecule has 3 saturated heterocycles. The number of aliphatic hydroxyl groups excluding tert-OH is 1. The van der Waals surface area contributed by atoms with Gasteiger partial charge < -0.3 is 24.6 Å². The fraction of sp³-hybridized carbons (Fsp3) is 0.327. The van der Waals surface area contributed by atoms with Crippen molar-refractivity contribution in [2.75, 3.05) is 32.7 Å². The Morgan fingerprint density at radius 2 is 1.35 bits per heavy atom. The van der Waals surface area contributed by atoms with E-state index >= 15 is 0 Å². The molecule has 8 rings (SSSR count). The molecule has 310 valence electrons. The number of carbonyl (C=O) groups is 3. The molecule has 3 fully saturated rings. The van der Waals surface area contributed by atoms with Gasteiger partial charge in [0.25, 0.3) is 5.91 Å². The Morgan fingerprint density at radius 3 is 2.05 bits per heavy atom. The monoisotopic (exact) mass is 808 g/mol. The first-order chi connectivity index (χ1) is 29.3. The minimum atomic E-state index is -0.991. The van der Waals surface area contributed by atoms with Crippen LogP contribution in [-0.4, -0.2) is 82.6 Å². The summed E-state index contributed by atoms with van der Waals surface area (Å²) in [5, 5.41) is 12.3. The van der Waals surface area contributed by atoms with E-state index in [0.717, 1.165) is 78.2 Å². The Morgan fingerprint density at radius 1 is 0.717 bits per heavy atom. The fourth-order valence-electron chi connectivity index (χ4n) is 8.35. The highest BCUT2D eigenvalue weighted by Gasteiger charge is 2.41. The van der Waals surface area contributed by atoms with Gasteiger partial charge in [0.05, 0.1) is 31.8 Å². The maximum Gasteiger partial charge on any atom is 0.408 e. The number of hydrogen-bond acceptors (Lipinski definition) is 9. The number of benzene rings is 5. The van der Waals surface area contributed by atoms with E-state index < -0.39 is 24.3 Å². The molecule has 11 nitrogen and oxygen atoms in total. The molecule has 3 heterocycles. The van der Waals surface area contributed by atoms with Gasteiger partial charge in [-0.1, -0.05) is 140 Å². The number of alkyl carbamates (subject to hydrolysis) is 1. The van der Waals surface area contributed by atoms with Crippen LogP contribution < -0.4 is 5.32 Å². The molecule has 5 aromatic carbocycles. The van der Waals surface area contributed by atoms with Crippen molar-refractivity contribution in [2.24, 2.45) is 5.92 Å². The maximum atomic E-state index is 13.4. The molecule has 60 heavy (non-hydrogen) atoms. The summed E-state index contributed by atoms with van der Waals surface area (Å²) in [5.74, 6) is -0.754. The van der Waals surface area contributed by atoms with Crippen LogP contribution >= 0.6 is 0 Å². The van der Waals surface area contributed by atoms with Crippen molar-refractivity contribution < 1.29 is 33.7 Å². The molecule has 3 aliphatic rings. The Balaban J connectivity index is 0.938. The molecule has 0 aromatic heterocycles. The highest BCUT2D eigenvalue weighted by molar-refractivity contribution is 6.06. The molecule has 2 N–H and O–H groups in total. The van der Waals surface area contributed by atoms with Crippen molar-refractivity contribution in [2.45, 2.75) is 64.2 Å². The average molecular weight is 809 g/mol. The second kappa shape index (κ2) is 19.1. The molecule has 0 radical (unpaired) electrons. The molecule has 11 heteroatoms. The quantitative estimate of drug-likeness (QED) is 0.121. The third-order valence-corrected chi connectivity index (χ3v) is 11.9. The van der Waals surface area contributed by atoms with E-state index in [-0.39, 0.29) is 50.2 Å². The third-order valence-electron chi connectivity index (χ3n) is 11.9. The third kappa shape index (κ3) is 9.84. The van der Waals surface area contributed by atoms with Gasteiger partial charge in [0.2, 0.25) is 5.91 Å². The van der Waals surface area contributed by atoms with Gasteiger partial charge in [0, 0.05) is 50.7 Å². The van der Waals surface area contributed by atoms with Gasteiger partial charge in [-0.25, -0.2) is 4.79 Å². The smallest absolute Gasteiger partial charge is 0.408 e. The molecule has 0 bridgehead atoms. The van der Waals surface area contributed by atoms with Crippen LogP contribution in [0.4, 0.5) is 4.79 Å². The number of hydrogen-bond donors (Lipinski definition) is 2. The largest absolute Gasteiger partial charge is 0.445 e. The number of aliphatic hydroxyl groups is 1. The Hall–Kier alpha value is -5.69. The van der Waals surface area contributed by atoms with Crippen LogP contribution in [0.25, 0.3) is 11.1 Å². The number of imide groups is 1. The van der Waals surface area contributed by atoms with Gasteiger partial charge in [0.1, 0.15) is 12.6 Å². The van der Waals surface area contributed by atoms with Crippen LogP contribution in [0.2, 0.25) is 0 Å². The second-order valence-corrected chi connectivity index (χ2v) is 15.9. The van der Waals surface area contributed by atoms with Gasteiger partial charge in [-0.15, -0.1) is 0 Å². The van der Waals surface area contributed by atoms with Crippen LogP contribution in [0.15, 0.2) is 133 Å². The molecule has 0 saturated carbocycles. The molecule has 5 atom stereocenters. The summed E-state index contributed by atoms with van der Waals surface area (Å²) in [5.41, 5.74) is 7.53. The lowest BCUT2D eigenvalue weighted by Gasteiger charge is -2.44. The average Bonchev–Trinajstić information content (AvgIpc) is 3.55. The van der Waals surface area contributed by atoms with E-state index in [4.69, 9.17) is 14.2 Å². The van der Waals surface area contributed by atoms with Gasteiger partial charge in [-0.3, -0.25) is 24.3 Å². The molecule has 5 aromatic rings. The van der Waals surface area contributed by atoms with Crippen LogP contribution in [0.1, 0.15) is 59.1 Å². The van der Waals surface area contributed by atoms with Crippen LogP contribution in [-0.2, 0) is 50.1 Å². The number of likely N-dealkylation sites (tertiary alicyclic amines) is 1. The van der Waals surface area contributed by atoms with E-state index in [1.54, 1.807) is 0 Å². The molecule has 3 aliphatic heterocycles. The van der Waals surface area contributed by atoms with Crippen LogP contribution in [0.5, 0.6) is 0 Å². The zero-order valence-corrected chi connectivity index (χ0v) is 33.9. The number of nitrogens with zero attached hydrogens (tertiary/aromatic N) is 3. The summed E-state index contributed by atoms with van der Waals surface area (Å²) in [7, 11) is 0. The Bertz CT molecular complexity index is 2210. The predicted octanol–water partition coefficient (Wildman–Crippen LogP) is 7.01. The fourth-order valence-corrected chi connectivity index (χ4v) is 8.35. The van der Waals surface area contributed by atoms with Crippen molar-refractivity contribution in [3.63, 3.8) is 0 Å². The summed E-state index contributed by atoms with van der Waals surface area (Å²) in [6, 6.07) is 42.6. The Kier molecular flexibility index (Phi) is 13.1. The highest BCUT2D eigenvalue weighted by atomic mass is 16.7. The lowest BCUT2D eigenvalue weighted by atomic mass is 9.89. The summed E-state index contributed by atoms with van der Waals surface area (Å²) >= 11 is 0. The van der Waals surface area contributed by atoms with E-state index in [1.165, 1.54) is 10.5 Å². The van der Waals surface area contributed by atoms with Crippen molar-refractivity contribution in [1.82, 2.24) is 20.0 Å². The van der Waals surface area contributed by atoms with Gasteiger partial charge in [-0.05, 0) is 38.9 Å². The first kappa shape index (κ1) is 41.1. The molecule has 0 aliphatic carbocycles. The summed E-state index contributed by atoms with van der Waals surface area (Å²) in [4.78, 5) is 45.3. The Labute approximate surface area is 351 Å². The molecule has 5 unspecified atom stereocenters. The SMILES string of the molecule is CC1C(CN2CCN(Cc3ccccc3)CC2)OC(c2ccc(-c3ccccc3CN3C(=O)CC(NC(=O)OCc4ccccc4)C3=O)cc2)OC1c1ccc(CO)cc1. The standard InChI is InChI=1S/C49H52N4O7/c1-34-44(31-52-26-24-51(25-27-52)29-35-10-4-2-5-11-35)59-48(60-46(34)39-18-16-36(32-54)17-19-39)40-22-20-38(21-23-40)42-15-9-8-14-41(42)30-53-45(55)28-43(47(53)56)50-49(57)58-33-37-12-6-3-7-13-37/h2-23,34,43-44,46,48,54H,24-33H2,1H3,(H,50,57). The van der Waals surface area contributed by atoms with Crippen molar-refractivity contribution in [3.8, 4) is 11.1 Å². The van der Waals surface area contributed by atoms with E-state index in [9.17, 15) is 19.5 Å². The first-order valence-electron chi connectivity index (χ1n) is 20.8. The number of carbonyl (C=O) groups excluding carboxylic acids is 3. The number of rotatable bonds is 13. The van der Waals surface area contributed by atoms with Gasteiger partial charge in [-0.2, -0.15) is 0 Å². The number of piperazine rings is 1. The van der Waals surface area contributed by atoms with Crippen molar-refractivity contribution in [1.29, 1.82) is 0 Å². The van der Waals surface area contributed by atoms with Crippen LogP contribution in [0.3, 0.4) is 0 Å². The lowest BCUT2D eigenvalue weighted by molar-refractivity contribution is -0.276. The number of ether oxygens (including phenoxy) is 3. The zero-order valence-electron chi connectivity index (χ0n) is 33.9. The summed E-state index contributed by atoms with van der Waals surface area (Å²) < 4.78 is 18.9.